The van der Waals surface area contributed by atoms with Crippen LogP contribution in [-0.4, -0.2) is 66.0 Å². The number of nitrogens with one attached hydrogen (secondary N) is 2. The maximum Gasteiger partial charge on any atom is 0.328 e. The molecule has 0 aliphatic carbocycles. The van der Waals surface area contributed by atoms with Gasteiger partial charge in [0.25, 0.3) is 0 Å². The molecule has 2 amide bonds. The van der Waals surface area contributed by atoms with Crippen molar-refractivity contribution in [3.05, 3.63) is 167 Å². The third kappa shape index (κ3) is 10.7. The van der Waals surface area contributed by atoms with E-state index < -0.39 is 30.4 Å². The zero-order chi connectivity index (χ0) is 39.4. The van der Waals surface area contributed by atoms with Crippen LogP contribution in [0.5, 0.6) is 0 Å². The average molecular weight is 758 g/mol. The van der Waals surface area contributed by atoms with Crippen molar-refractivity contribution in [1.29, 1.82) is 0 Å². The third-order valence-electron chi connectivity index (χ3n) is 10.3. The van der Waals surface area contributed by atoms with Crippen LogP contribution in [0.1, 0.15) is 65.2 Å². The number of aliphatic hydroxyl groups excluding tert-OH is 2. The van der Waals surface area contributed by atoms with Gasteiger partial charge in [-0.3, -0.25) is 4.90 Å². The van der Waals surface area contributed by atoms with Crippen molar-refractivity contribution in [2.24, 2.45) is 0 Å². The number of carbonyl (C=O) groups excluding carboxylic acids is 2. The van der Waals surface area contributed by atoms with Gasteiger partial charge in [-0.15, -0.1) is 0 Å². The van der Waals surface area contributed by atoms with E-state index >= 15 is 0 Å². The first kappa shape index (κ1) is 40.3. The molecular weight excluding hydrogens is 707 g/mol. The molecule has 0 aromatic heterocycles. The quantitative estimate of drug-likeness (QED) is 0.0839. The molecule has 5 aromatic carbocycles. The van der Waals surface area contributed by atoms with Crippen LogP contribution in [0.15, 0.2) is 133 Å². The molecule has 1 aliphatic rings. The topological polar surface area (TPSA) is 130 Å². The lowest BCUT2D eigenvalue weighted by molar-refractivity contribution is -0.253. The number of amides is 2. The zero-order valence-corrected chi connectivity index (χ0v) is 32.1. The molecule has 56 heavy (non-hydrogen) atoms. The van der Waals surface area contributed by atoms with Crippen molar-refractivity contribution in [2.45, 2.75) is 69.6 Å². The number of nitrogens with zero attached hydrogens (tertiary/aromatic N) is 1. The second-order valence-electron chi connectivity index (χ2n) is 14.3. The highest BCUT2D eigenvalue weighted by Gasteiger charge is 2.34. The number of esters is 1. The summed E-state index contributed by atoms with van der Waals surface area (Å²) in [5.74, 6) is -0.516. The van der Waals surface area contributed by atoms with Gasteiger partial charge in [0.05, 0.1) is 32.0 Å². The molecule has 4 N–H and O–H groups in total. The van der Waals surface area contributed by atoms with Gasteiger partial charge < -0.3 is 35.1 Å². The molecule has 1 aliphatic heterocycles. The number of hydrogen-bond acceptors (Lipinski definition) is 8. The Hall–Kier alpha value is -5.36. The van der Waals surface area contributed by atoms with Crippen LogP contribution in [0.3, 0.4) is 0 Å². The number of rotatable bonds is 15. The summed E-state index contributed by atoms with van der Waals surface area (Å²) in [6.45, 7) is 2.81. The Morgan fingerprint density at radius 1 is 0.804 bits per heavy atom. The van der Waals surface area contributed by atoms with Crippen LogP contribution in [0.25, 0.3) is 11.1 Å². The fraction of sp³-hybridized carbons (Fsp3) is 0.304. The van der Waals surface area contributed by atoms with Crippen molar-refractivity contribution in [3.63, 3.8) is 0 Å². The number of hydrogen-bond donors (Lipinski definition) is 4. The van der Waals surface area contributed by atoms with Gasteiger partial charge in [0.2, 0.25) is 0 Å². The summed E-state index contributed by atoms with van der Waals surface area (Å²) in [6, 6.07) is 41.5. The SMILES string of the molecule is COC(=O)C(Cc1ccccc1)NC(=O)NCc1cccc(-c2cccc(C3OC(CN(C)C(C)C(O)c4ccccc4)CC(c4ccc(CO)cc4)O3)c2)c1. The van der Waals surface area contributed by atoms with Crippen LogP contribution in [0, 0.1) is 0 Å². The van der Waals surface area contributed by atoms with E-state index in [1.165, 1.54) is 7.11 Å². The van der Waals surface area contributed by atoms with E-state index in [9.17, 15) is 19.8 Å². The van der Waals surface area contributed by atoms with Gasteiger partial charge in [-0.25, -0.2) is 9.59 Å². The molecule has 1 heterocycles. The van der Waals surface area contributed by atoms with Crippen molar-refractivity contribution in [2.75, 3.05) is 20.7 Å². The van der Waals surface area contributed by atoms with Crippen LogP contribution >= 0.6 is 0 Å². The summed E-state index contributed by atoms with van der Waals surface area (Å²) in [7, 11) is 3.31. The fourth-order valence-corrected chi connectivity index (χ4v) is 6.99. The molecule has 0 saturated carbocycles. The van der Waals surface area contributed by atoms with Gasteiger partial charge in [-0.1, -0.05) is 121 Å². The Morgan fingerprint density at radius 2 is 1.46 bits per heavy atom. The summed E-state index contributed by atoms with van der Waals surface area (Å²) < 4.78 is 18.3. The molecule has 10 nitrogen and oxygen atoms in total. The van der Waals surface area contributed by atoms with Gasteiger partial charge in [0, 0.05) is 37.5 Å². The zero-order valence-electron chi connectivity index (χ0n) is 32.1. The molecule has 6 rings (SSSR count). The van der Waals surface area contributed by atoms with Crippen LogP contribution in [-0.2, 0) is 38.6 Å². The van der Waals surface area contributed by atoms with E-state index in [0.29, 0.717) is 19.4 Å². The predicted molar refractivity (Wildman–Crippen MR) is 215 cm³/mol. The van der Waals surface area contributed by atoms with E-state index in [0.717, 1.165) is 44.5 Å². The van der Waals surface area contributed by atoms with Crippen molar-refractivity contribution in [3.8, 4) is 11.1 Å². The largest absolute Gasteiger partial charge is 0.467 e. The normalized spacial score (nSPS) is 18.4. The highest BCUT2D eigenvalue weighted by atomic mass is 16.7. The summed E-state index contributed by atoms with van der Waals surface area (Å²) in [4.78, 5) is 27.5. The third-order valence-corrected chi connectivity index (χ3v) is 10.3. The van der Waals surface area contributed by atoms with Gasteiger partial charge in [0.15, 0.2) is 6.29 Å². The van der Waals surface area contributed by atoms with Crippen molar-refractivity contribution < 1.29 is 34.0 Å². The molecular formula is C46H51N3O7. The van der Waals surface area contributed by atoms with E-state index in [4.69, 9.17) is 14.2 Å². The summed E-state index contributed by atoms with van der Waals surface area (Å²) in [5, 5.41) is 26.4. The van der Waals surface area contributed by atoms with E-state index in [2.05, 4.69) is 21.6 Å². The van der Waals surface area contributed by atoms with Crippen LogP contribution < -0.4 is 10.6 Å². The lowest BCUT2D eigenvalue weighted by Crippen LogP contribution is -2.47. The Kier molecular flexibility index (Phi) is 14.0. The maximum absolute atomic E-state index is 12.9. The van der Waals surface area contributed by atoms with Gasteiger partial charge in [-0.2, -0.15) is 0 Å². The molecule has 10 heteroatoms. The van der Waals surface area contributed by atoms with Crippen molar-refractivity contribution in [1.82, 2.24) is 15.5 Å². The number of carbonyl (C=O) groups is 2. The smallest absolute Gasteiger partial charge is 0.328 e. The summed E-state index contributed by atoms with van der Waals surface area (Å²) in [5.41, 5.74) is 7.25. The highest BCUT2D eigenvalue weighted by molar-refractivity contribution is 5.83. The predicted octanol–water partition coefficient (Wildman–Crippen LogP) is 7.03. The Labute approximate surface area is 329 Å². The number of benzene rings is 5. The van der Waals surface area contributed by atoms with E-state index in [1.807, 2.05) is 141 Å². The molecule has 1 fully saturated rings. The lowest BCUT2D eigenvalue weighted by atomic mass is 9.97. The number of likely N-dealkylation sites (N-methyl/N-ethyl adjacent to an activating group) is 1. The summed E-state index contributed by atoms with van der Waals surface area (Å²) >= 11 is 0. The first-order valence-corrected chi connectivity index (χ1v) is 19.0. The van der Waals surface area contributed by atoms with Gasteiger partial charge in [-0.05, 0) is 65.0 Å². The van der Waals surface area contributed by atoms with Gasteiger partial charge in [0.1, 0.15) is 6.04 Å². The first-order chi connectivity index (χ1) is 27.2. The second kappa shape index (κ2) is 19.5. The van der Waals surface area contributed by atoms with E-state index in [-0.39, 0.29) is 31.4 Å². The first-order valence-electron chi connectivity index (χ1n) is 19.0. The highest BCUT2D eigenvalue weighted by Crippen LogP contribution is 2.39. The van der Waals surface area contributed by atoms with Crippen LogP contribution in [0.2, 0.25) is 0 Å². The summed E-state index contributed by atoms with van der Waals surface area (Å²) in [6.07, 6.45) is -0.862. The minimum atomic E-state index is -0.829. The monoisotopic (exact) mass is 757 g/mol. The molecule has 0 spiro atoms. The Balaban J connectivity index is 1.15. The van der Waals surface area contributed by atoms with E-state index in [1.54, 1.807) is 0 Å². The lowest BCUT2D eigenvalue weighted by Gasteiger charge is -2.39. The molecule has 0 bridgehead atoms. The molecule has 6 atom stereocenters. The van der Waals surface area contributed by atoms with Crippen molar-refractivity contribution >= 4 is 12.0 Å². The number of ether oxygens (including phenoxy) is 3. The average Bonchev–Trinajstić information content (AvgIpc) is 3.25. The molecule has 6 unspecified atom stereocenters. The standard InChI is InChI=1S/C46H51N3O7/c1-31(43(51)36-15-8-5-9-16-36)49(2)29-40-27-42(35-22-20-33(30-50)21-23-35)56-45(55-40)39-19-11-18-38(26-39)37-17-10-14-34(24-37)28-47-46(53)48-41(44(52)54-3)25-32-12-6-4-7-13-32/h4-24,26,31,40-43,45,50-51H,25,27-30H2,1-3H3,(H2,47,48,53). The Bertz CT molecular complexity index is 2010. The number of aliphatic hydroxyl groups is 2. The number of methoxy groups -OCH3 is 1. The molecule has 5 aromatic rings. The fourth-order valence-electron chi connectivity index (χ4n) is 6.99. The minimum absolute atomic E-state index is 0.0333. The van der Waals surface area contributed by atoms with Crippen LogP contribution in [0.4, 0.5) is 4.79 Å². The Morgan fingerprint density at radius 3 is 2.16 bits per heavy atom. The molecule has 0 radical (unpaired) electrons. The minimum Gasteiger partial charge on any atom is -0.467 e. The second-order valence-corrected chi connectivity index (χ2v) is 14.3. The van der Waals surface area contributed by atoms with Gasteiger partial charge >= 0.3 is 12.0 Å². The maximum atomic E-state index is 12.9. The molecule has 1 saturated heterocycles. The number of urea groups is 1. The molecule has 292 valence electrons.